The van der Waals surface area contributed by atoms with Crippen molar-refractivity contribution in [3.63, 3.8) is 0 Å². The van der Waals surface area contributed by atoms with Gasteiger partial charge in [0.2, 0.25) is 0 Å². The minimum absolute atomic E-state index is 0.00544. The van der Waals surface area contributed by atoms with Crippen LogP contribution < -0.4 is 0 Å². The summed E-state index contributed by atoms with van der Waals surface area (Å²) in [5, 5.41) is 7.69. The van der Waals surface area contributed by atoms with Gasteiger partial charge in [0.25, 0.3) is 0 Å². The Hall–Kier alpha value is -1.22. The van der Waals surface area contributed by atoms with Gasteiger partial charge in [0.1, 0.15) is 0 Å². The van der Waals surface area contributed by atoms with Crippen LogP contribution in [0, 0.1) is 0 Å². The largest absolute Gasteiger partial charge is 0.104 e. The van der Waals surface area contributed by atoms with E-state index in [1.807, 2.05) is 0 Å². The predicted octanol–water partition coefficient (Wildman–Crippen LogP) is 6.07. The van der Waals surface area contributed by atoms with Crippen molar-refractivity contribution in [3.05, 3.63) is 59.4 Å². The maximum Gasteiger partial charge on any atom is 0.00521 e. The predicted molar refractivity (Wildman–Crippen MR) is 89.3 cm³/mol. The molecule has 0 saturated heterocycles. The molecule has 0 saturated carbocycles. The van der Waals surface area contributed by atoms with E-state index in [4.69, 9.17) is 0 Å². The molecule has 19 heavy (non-hydrogen) atoms. The van der Waals surface area contributed by atoms with E-state index in [2.05, 4.69) is 61.9 Å². The van der Waals surface area contributed by atoms with Crippen molar-refractivity contribution >= 4 is 35.7 Å². The molecule has 1 aliphatic rings. The van der Waals surface area contributed by atoms with Gasteiger partial charge in [-0.3, -0.25) is 0 Å². The zero-order chi connectivity index (χ0) is 13.0. The molecule has 2 heteroatoms. The maximum absolute atomic E-state index is 2.49. The van der Waals surface area contributed by atoms with Crippen molar-refractivity contribution in [2.75, 3.05) is 0 Å². The standard InChI is InChI=1S/C17H16P2/c1-18-13-10-12-6-5-8-14(16(12)11-13)15-7-3-4-9-17(15)19(18)2/h3-9,11H,10H2,1-2H3. The molecule has 0 spiro atoms. The Morgan fingerprint density at radius 1 is 0.789 bits per heavy atom. The smallest absolute Gasteiger partial charge is 0.00521 e. The van der Waals surface area contributed by atoms with Gasteiger partial charge < -0.3 is 0 Å². The molecule has 1 aromatic heterocycles. The van der Waals surface area contributed by atoms with Gasteiger partial charge in [0.15, 0.2) is 0 Å². The maximum atomic E-state index is 2.49. The first-order valence-electron chi connectivity index (χ1n) is 6.65. The Labute approximate surface area is 115 Å². The second kappa shape index (κ2) is 4.14. The van der Waals surface area contributed by atoms with Crippen LogP contribution in [0.5, 0.6) is 0 Å². The van der Waals surface area contributed by atoms with Crippen LogP contribution in [0.25, 0.3) is 21.3 Å². The van der Waals surface area contributed by atoms with E-state index in [0.29, 0.717) is 0 Å². The van der Waals surface area contributed by atoms with Gasteiger partial charge in [-0.2, -0.15) is 0 Å². The van der Waals surface area contributed by atoms with Crippen LogP contribution in [0.4, 0.5) is 0 Å². The average Bonchev–Trinajstić information content (AvgIpc) is 2.89. The minimum Gasteiger partial charge on any atom is -0.104 e. The van der Waals surface area contributed by atoms with E-state index in [9.17, 15) is 0 Å². The molecule has 94 valence electrons. The lowest BCUT2D eigenvalue weighted by Crippen LogP contribution is -1.78. The summed E-state index contributed by atoms with van der Waals surface area (Å²) in [5.74, 6) is 0. The summed E-state index contributed by atoms with van der Waals surface area (Å²) in [7, 11) is -0.0586. The fourth-order valence-corrected chi connectivity index (χ4v) is 8.43. The zero-order valence-electron chi connectivity index (χ0n) is 11.2. The van der Waals surface area contributed by atoms with Crippen molar-refractivity contribution in [3.8, 4) is 0 Å². The Morgan fingerprint density at radius 3 is 2.47 bits per heavy atom. The molecule has 2 atom stereocenters. The summed E-state index contributed by atoms with van der Waals surface area (Å²) in [5.41, 5.74) is 1.53. The van der Waals surface area contributed by atoms with Crippen molar-refractivity contribution in [1.29, 1.82) is 0 Å². The van der Waals surface area contributed by atoms with Crippen LogP contribution in [-0.2, 0) is 19.8 Å². The molecule has 2 bridgehead atoms. The molecule has 3 aromatic rings. The van der Waals surface area contributed by atoms with Crippen molar-refractivity contribution < 1.29 is 0 Å². The van der Waals surface area contributed by atoms with E-state index in [1.165, 1.54) is 28.1 Å². The third-order valence-corrected chi connectivity index (χ3v) is 11.5. The minimum atomic E-state index is -0.0532. The number of hydrogen-bond acceptors (Lipinski definition) is 0. The number of benzene rings is 2. The first kappa shape index (κ1) is 11.6. The lowest BCUT2D eigenvalue weighted by molar-refractivity contribution is 1.31. The van der Waals surface area contributed by atoms with Crippen LogP contribution in [0.1, 0.15) is 10.9 Å². The molecule has 2 unspecified atom stereocenters. The molecule has 0 fully saturated rings. The first-order chi connectivity index (χ1) is 9.25. The van der Waals surface area contributed by atoms with Gasteiger partial charge in [-0.15, -0.1) is 7.21 Å². The second-order valence-electron chi connectivity index (χ2n) is 5.26. The highest BCUT2D eigenvalue weighted by molar-refractivity contribution is 8.09. The first-order valence-corrected chi connectivity index (χ1v) is 10.9. The number of hydrogen-bond donors (Lipinski definition) is 0. The molecule has 1 aliphatic carbocycles. The quantitative estimate of drug-likeness (QED) is 0.367. The highest BCUT2D eigenvalue weighted by Gasteiger charge is 2.14. The summed E-state index contributed by atoms with van der Waals surface area (Å²) in [6, 6.07) is 18.4. The Kier molecular flexibility index (Phi) is 2.52. The Morgan fingerprint density at radius 2 is 1.58 bits per heavy atom. The summed E-state index contributed by atoms with van der Waals surface area (Å²) in [4.78, 5) is 0. The van der Waals surface area contributed by atoms with E-state index >= 15 is 0 Å². The third kappa shape index (κ3) is 1.61. The van der Waals surface area contributed by atoms with Gasteiger partial charge >= 0.3 is 0 Å². The molecule has 0 aliphatic heterocycles. The van der Waals surface area contributed by atoms with Gasteiger partial charge in [-0.25, -0.2) is 0 Å². The molecule has 0 N–H and O–H groups in total. The monoisotopic (exact) mass is 282 g/mol. The summed E-state index contributed by atoms with van der Waals surface area (Å²) in [6.07, 6.45) is 1.19. The lowest BCUT2D eigenvalue weighted by atomic mass is 10.1. The highest BCUT2D eigenvalue weighted by Crippen LogP contribution is 2.55. The van der Waals surface area contributed by atoms with Crippen LogP contribution in [0.2, 0.25) is 0 Å². The van der Waals surface area contributed by atoms with E-state index in [0.717, 1.165) is 0 Å². The van der Waals surface area contributed by atoms with Crippen molar-refractivity contribution in [2.45, 2.75) is 6.42 Å². The fourth-order valence-electron chi connectivity index (χ4n) is 3.13. The SMILES string of the molecule is Cp1c2cc3c(cccc3c3ccccc3p1C)C2. The molecule has 0 radical (unpaired) electrons. The highest BCUT2D eigenvalue weighted by atomic mass is 31.9. The fraction of sp³-hybridized carbons (Fsp3) is 0.176. The van der Waals surface area contributed by atoms with Gasteiger partial charge in [0.05, 0.1) is 0 Å². The van der Waals surface area contributed by atoms with Gasteiger partial charge in [0, 0.05) is 11.5 Å². The van der Waals surface area contributed by atoms with Gasteiger partial charge in [-0.1, -0.05) is 49.7 Å². The van der Waals surface area contributed by atoms with Crippen molar-refractivity contribution in [1.82, 2.24) is 0 Å². The van der Waals surface area contributed by atoms with Crippen LogP contribution in [0.3, 0.4) is 0 Å². The van der Waals surface area contributed by atoms with Crippen LogP contribution >= 0.6 is 14.4 Å². The summed E-state index contributed by atoms with van der Waals surface area (Å²) < 4.78 is 0. The number of fused-ring (bicyclic) bond motifs is 3. The lowest BCUT2D eigenvalue weighted by Gasteiger charge is -2.07. The van der Waals surface area contributed by atoms with Gasteiger partial charge in [-0.05, 0) is 46.4 Å². The third-order valence-electron chi connectivity index (χ3n) is 4.29. The van der Waals surface area contributed by atoms with Crippen molar-refractivity contribution in [2.24, 2.45) is 13.3 Å². The molecule has 0 nitrogen and oxygen atoms in total. The topological polar surface area (TPSA) is 0 Å². The zero-order valence-corrected chi connectivity index (χ0v) is 13.0. The summed E-state index contributed by atoms with van der Waals surface area (Å²) in [6.45, 7) is 4.94. The molecule has 1 heterocycles. The van der Waals surface area contributed by atoms with E-state index in [-0.39, 0.29) is 14.4 Å². The number of aryl methyl sites for hydroxylation is 1. The number of rotatable bonds is 0. The Bertz CT molecular complexity index is 864. The molecule has 4 rings (SSSR count). The van der Waals surface area contributed by atoms with E-state index < -0.39 is 0 Å². The molecular formula is C17H16P2. The summed E-state index contributed by atoms with van der Waals surface area (Å²) >= 11 is 0. The Balaban J connectivity index is 2.40. The average molecular weight is 282 g/mol. The molecule has 0 amide bonds. The molecular weight excluding hydrogens is 266 g/mol. The van der Waals surface area contributed by atoms with Crippen LogP contribution in [0.15, 0.2) is 48.5 Å². The van der Waals surface area contributed by atoms with Crippen LogP contribution in [-0.4, -0.2) is 0 Å². The van der Waals surface area contributed by atoms with E-state index in [1.54, 1.807) is 10.4 Å². The molecule has 2 aromatic carbocycles. The normalized spacial score (nSPS) is 14.4. The second-order valence-corrected chi connectivity index (χ2v) is 12.0.